The molecule has 0 aliphatic rings. The molecule has 0 amide bonds. The van der Waals surface area contributed by atoms with E-state index in [1.807, 2.05) is 0 Å². The molecule has 0 aliphatic heterocycles. The molecule has 0 aromatic carbocycles. The third-order valence-electron chi connectivity index (χ3n) is 1.48. The van der Waals surface area contributed by atoms with Gasteiger partial charge in [-0.3, -0.25) is 0 Å². The summed E-state index contributed by atoms with van der Waals surface area (Å²) in [6.07, 6.45) is -4.78. The van der Waals surface area contributed by atoms with Gasteiger partial charge in [-0.05, 0) is 6.92 Å². The van der Waals surface area contributed by atoms with Gasteiger partial charge in [-0.2, -0.15) is 0 Å². The maximum Gasteiger partial charge on any atom is 0.574 e. The fourth-order valence-corrected chi connectivity index (χ4v) is 0.848. The highest BCUT2D eigenvalue weighted by molar-refractivity contribution is 5.66. The van der Waals surface area contributed by atoms with E-state index >= 15 is 0 Å². The van der Waals surface area contributed by atoms with Gasteiger partial charge in [0.1, 0.15) is 0 Å². The van der Waals surface area contributed by atoms with Crippen molar-refractivity contribution >= 4 is 11.4 Å². The summed E-state index contributed by atoms with van der Waals surface area (Å²) in [7, 11) is 0. The second kappa shape index (κ2) is 3.24. The Morgan fingerprint density at radius 2 is 1.93 bits per heavy atom. The van der Waals surface area contributed by atoms with Crippen LogP contribution in [0.25, 0.3) is 0 Å². The molecule has 4 nitrogen and oxygen atoms in total. The monoisotopic (exact) mass is 207 g/mol. The number of alkyl halides is 3. The number of nitrogens with zero attached hydrogens (tertiary/aromatic N) is 1. The lowest BCUT2D eigenvalue weighted by Gasteiger charge is -2.10. The van der Waals surface area contributed by atoms with Crippen LogP contribution in [0.15, 0.2) is 6.07 Å². The Kier molecular flexibility index (Phi) is 2.41. The van der Waals surface area contributed by atoms with E-state index in [0.717, 1.165) is 6.07 Å². The topological polar surface area (TPSA) is 74.2 Å². The molecule has 0 fully saturated rings. The van der Waals surface area contributed by atoms with Gasteiger partial charge in [-0.25, -0.2) is 4.98 Å². The fraction of sp³-hybridized carbons (Fsp3) is 0.286. The van der Waals surface area contributed by atoms with Crippen molar-refractivity contribution in [1.82, 2.24) is 4.98 Å². The van der Waals surface area contributed by atoms with Crippen molar-refractivity contribution < 1.29 is 17.9 Å². The standard InChI is InChI=1S/C7H8F3N3O/c1-3-6(12)4(11)2-5(13-3)14-7(8,9)10/h2H,12H2,1H3,(H2,11,13). The highest BCUT2D eigenvalue weighted by Crippen LogP contribution is 2.26. The molecule has 1 aromatic rings. The minimum Gasteiger partial charge on any atom is -0.397 e. The highest BCUT2D eigenvalue weighted by atomic mass is 19.4. The summed E-state index contributed by atoms with van der Waals surface area (Å²) in [5, 5.41) is 0. The van der Waals surface area contributed by atoms with Crippen molar-refractivity contribution in [2.45, 2.75) is 13.3 Å². The van der Waals surface area contributed by atoms with Crippen LogP contribution in [0.5, 0.6) is 5.88 Å². The van der Waals surface area contributed by atoms with Crippen molar-refractivity contribution in [2.75, 3.05) is 11.5 Å². The van der Waals surface area contributed by atoms with Crippen LogP contribution in [0.1, 0.15) is 5.69 Å². The Bertz CT molecular complexity index is 328. The van der Waals surface area contributed by atoms with Crippen LogP contribution in [0.4, 0.5) is 24.5 Å². The first-order valence-corrected chi connectivity index (χ1v) is 3.58. The lowest BCUT2D eigenvalue weighted by molar-refractivity contribution is -0.276. The second-order valence-electron chi connectivity index (χ2n) is 2.60. The van der Waals surface area contributed by atoms with Crippen molar-refractivity contribution in [3.8, 4) is 5.88 Å². The van der Waals surface area contributed by atoms with Crippen molar-refractivity contribution in [3.05, 3.63) is 11.8 Å². The average molecular weight is 207 g/mol. The van der Waals surface area contributed by atoms with E-state index in [1.54, 1.807) is 0 Å². The number of nitrogen functional groups attached to an aromatic ring is 2. The van der Waals surface area contributed by atoms with Crippen LogP contribution in [0.3, 0.4) is 0 Å². The van der Waals surface area contributed by atoms with E-state index in [2.05, 4.69) is 9.72 Å². The molecule has 1 aromatic heterocycles. The van der Waals surface area contributed by atoms with Crippen LogP contribution >= 0.6 is 0 Å². The molecule has 0 spiro atoms. The third-order valence-corrected chi connectivity index (χ3v) is 1.48. The number of aromatic nitrogens is 1. The molecule has 0 atom stereocenters. The first kappa shape index (κ1) is 10.4. The van der Waals surface area contributed by atoms with Gasteiger partial charge in [-0.15, -0.1) is 13.2 Å². The Hall–Kier alpha value is -1.66. The molecule has 4 N–H and O–H groups in total. The number of halogens is 3. The van der Waals surface area contributed by atoms with E-state index in [-0.39, 0.29) is 17.1 Å². The van der Waals surface area contributed by atoms with Crippen molar-refractivity contribution in [3.63, 3.8) is 0 Å². The SMILES string of the molecule is Cc1nc(OC(F)(F)F)cc(N)c1N. The van der Waals surface area contributed by atoms with E-state index in [1.165, 1.54) is 6.92 Å². The van der Waals surface area contributed by atoms with Gasteiger partial charge in [0.15, 0.2) is 0 Å². The maximum absolute atomic E-state index is 11.8. The lowest BCUT2D eigenvalue weighted by Crippen LogP contribution is -2.18. The van der Waals surface area contributed by atoms with Gasteiger partial charge in [-0.1, -0.05) is 0 Å². The Morgan fingerprint density at radius 1 is 1.36 bits per heavy atom. The normalized spacial score (nSPS) is 11.4. The van der Waals surface area contributed by atoms with Crippen molar-refractivity contribution in [2.24, 2.45) is 0 Å². The molecule has 78 valence electrons. The third kappa shape index (κ3) is 2.41. The highest BCUT2D eigenvalue weighted by Gasteiger charge is 2.32. The van der Waals surface area contributed by atoms with Gasteiger partial charge in [0, 0.05) is 6.07 Å². The zero-order valence-corrected chi connectivity index (χ0v) is 7.22. The number of hydrogen-bond donors (Lipinski definition) is 2. The van der Waals surface area contributed by atoms with Gasteiger partial charge in [0.2, 0.25) is 5.88 Å². The van der Waals surface area contributed by atoms with Crippen LogP contribution in [0.2, 0.25) is 0 Å². The first-order chi connectivity index (χ1) is 6.29. The van der Waals surface area contributed by atoms with Gasteiger partial charge >= 0.3 is 6.36 Å². The number of rotatable bonds is 1. The van der Waals surface area contributed by atoms with Crippen LogP contribution < -0.4 is 16.2 Å². The van der Waals surface area contributed by atoms with Gasteiger partial charge < -0.3 is 16.2 Å². The number of hydrogen-bond acceptors (Lipinski definition) is 4. The average Bonchev–Trinajstić information content (AvgIpc) is 1.96. The molecule has 1 rings (SSSR count). The van der Waals surface area contributed by atoms with E-state index < -0.39 is 12.2 Å². The predicted molar refractivity (Wildman–Crippen MR) is 44.5 cm³/mol. The summed E-state index contributed by atoms with van der Waals surface area (Å²) in [4.78, 5) is 3.47. The number of pyridine rings is 1. The van der Waals surface area contributed by atoms with E-state index in [9.17, 15) is 13.2 Å². The number of nitrogens with two attached hydrogens (primary N) is 2. The predicted octanol–water partition coefficient (Wildman–Crippen LogP) is 1.45. The number of anilines is 2. The molecule has 0 aliphatic carbocycles. The molecule has 0 radical (unpaired) electrons. The fourth-order valence-electron chi connectivity index (χ4n) is 0.848. The summed E-state index contributed by atoms with van der Waals surface area (Å²) in [5.74, 6) is -0.610. The molecule has 7 heteroatoms. The minimum absolute atomic E-state index is 0.0109. The molecule has 1 heterocycles. The van der Waals surface area contributed by atoms with Crippen molar-refractivity contribution in [1.29, 1.82) is 0 Å². The zero-order valence-electron chi connectivity index (χ0n) is 7.22. The summed E-state index contributed by atoms with van der Waals surface area (Å²) in [5.41, 5.74) is 11.1. The minimum atomic E-state index is -4.78. The number of ether oxygens (including phenoxy) is 1. The molecule has 0 unspecified atom stereocenters. The zero-order chi connectivity index (χ0) is 10.9. The summed E-state index contributed by atoms with van der Waals surface area (Å²) < 4.78 is 38.9. The maximum atomic E-state index is 11.8. The molecule has 14 heavy (non-hydrogen) atoms. The first-order valence-electron chi connectivity index (χ1n) is 3.58. The Balaban J connectivity index is 3.02. The smallest absolute Gasteiger partial charge is 0.397 e. The van der Waals surface area contributed by atoms with Gasteiger partial charge in [0.25, 0.3) is 0 Å². The summed E-state index contributed by atoms with van der Waals surface area (Å²) >= 11 is 0. The van der Waals surface area contributed by atoms with Crippen LogP contribution in [0, 0.1) is 6.92 Å². The van der Waals surface area contributed by atoms with E-state index in [0.29, 0.717) is 0 Å². The largest absolute Gasteiger partial charge is 0.574 e. The van der Waals surface area contributed by atoms with Gasteiger partial charge in [0.05, 0.1) is 17.1 Å². The Morgan fingerprint density at radius 3 is 2.36 bits per heavy atom. The second-order valence-corrected chi connectivity index (χ2v) is 2.60. The lowest BCUT2D eigenvalue weighted by atomic mass is 10.3. The number of aryl methyl sites for hydroxylation is 1. The molecule has 0 saturated carbocycles. The molecular formula is C7H8F3N3O. The summed E-state index contributed by atoms with van der Waals surface area (Å²) in [6, 6.07) is 0.926. The summed E-state index contributed by atoms with van der Waals surface area (Å²) in [6.45, 7) is 1.44. The molecule has 0 bridgehead atoms. The Labute approximate surface area is 77.7 Å². The quantitative estimate of drug-likeness (QED) is 0.730. The molecule has 0 saturated heterocycles. The molecular weight excluding hydrogens is 199 g/mol. The van der Waals surface area contributed by atoms with E-state index in [4.69, 9.17) is 11.5 Å². The van der Waals surface area contributed by atoms with Crippen LogP contribution in [-0.2, 0) is 0 Å². The van der Waals surface area contributed by atoms with Crippen LogP contribution in [-0.4, -0.2) is 11.3 Å².